The van der Waals surface area contributed by atoms with Gasteiger partial charge in [-0.25, -0.2) is 0 Å². The van der Waals surface area contributed by atoms with Crippen LogP contribution in [0.1, 0.15) is 16.9 Å². The zero-order chi connectivity index (χ0) is 10.1. The van der Waals surface area contributed by atoms with Crippen LogP contribution in [0.25, 0.3) is 0 Å². The third-order valence-corrected chi connectivity index (χ3v) is 2.01. The molecule has 1 rings (SSSR count). The summed E-state index contributed by atoms with van der Waals surface area (Å²) >= 11 is 0. The third kappa shape index (κ3) is 2.68. The molecule has 2 N–H and O–H groups in total. The number of rotatable bonds is 1. The van der Waals surface area contributed by atoms with E-state index in [4.69, 9.17) is 5.73 Å². The summed E-state index contributed by atoms with van der Waals surface area (Å²) < 4.78 is 36.3. The molecule has 0 amide bonds. The van der Waals surface area contributed by atoms with Crippen molar-refractivity contribution in [3.63, 3.8) is 0 Å². The highest BCUT2D eigenvalue weighted by atomic mass is 31.0. The topological polar surface area (TPSA) is 26.0 Å². The lowest BCUT2D eigenvalue weighted by Gasteiger charge is -2.09. The number of hydrogen-bond acceptors (Lipinski definition) is 1. The standard InChI is InChI=1S/C8H9F3NP/c9-8(10,11)6-3-1-5(2-4-6)7(12)13/h1-4,7H,12-13H2. The van der Waals surface area contributed by atoms with E-state index >= 15 is 0 Å². The third-order valence-electron chi connectivity index (χ3n) is 1.62. The smallest absolute Gasteiger partial charge is 0.321 e. The van der Waals surface area contributed by atoms with E-state index in [9.17, 15) is 13.2 Å². The molecular formula is C8H9F3NP. The summed E-state index contributed by atoms with van der Waals surface area (Å²) in [6, 6.07) is 4.81. The minimum atomic E-state index is -4.27. The van der Waals surface area contributed by atoms with Gasteiger partial charge >= 0.3 is 6.18 Å². The molecule has 0 saturated carbocycles. The lowest BCUT2D eigenvalue weighted by atomic mass is 10.1. The molecule has 0 radical (unpaired) electrons. The van der Waals surface area contributed by atoms with Crippen molar-refractivity contribution in [3.8, 4) is 0 Å². The summed E-state index contributed by atoms with van der Waals surface area (Å²) in [7, 11) is 2.32. The Kier molecular flexibility index (Phi) is 2.94. The largest absolute Gasteiger partial charge is 0.416 e. The van der Waals surface area contributed by atoms with Gasteiger partial charge in [0, 0.05) is 5.78 Å². The molecule has 0 aromatic heterocycles. The molecule has 13 heavy (non-hydrogen) atoms. The van der Waals surface area contributed by atoms with E-state index in [0.29, 0.717) is 5.56 Å². The zero-order valence-electron chi connectivity index (χ0n) is 6.68. The van der Waals surface area contributed by atoms with Gasteiger partial charge in [0.05, 0.1) is 5.56 Å². The number of hydrogen-bond donors (Lipinski definition) is 1. The van der Waals surface area contributed by atoms with Crippen molar-refractivity contribution in [1.82, 2.24) is 0 Å². The van der Waals surface area contributed by atoms with Crippen LogP contribution in [0.2, 0.25) is 0 Å². The lowest BCUT2D eigenvalue weighted by molar-refractivity contribution is -0.137. The molecule has 2 atom stereocenters. The van der Waals surface area contributed by atoms with Crippen LogP contribution in [-0.2, 0) is 6.18 Å². The molecule has 1 aromatic rings. The van der Waals surface area contributed by atoms with Gasteiger partial charge in [0.15, 0.2) is 0 Å². The van der Waals surface area contributed by atoms with E-state index in [1.807, 2.05) is 0 Å². The van der Waals surface area contributed by atoms with E-state index < -0.39 is 11.7 Å². The first-order valence-electron chi connectivity index (χ1n) is 3.59. The van der Waals surface area contributed by atoms with Crippen molar-refractivity contribution < 1.29 is 13.2 Å². The predicted molar refractivity (Wildman–Crippen MR) is 48.1 cm³/mol. The molecule has 0 bridgehead atoms. The Hall–Kier alpha value is -0.600. The summed E-state index contributed by atoms with van der Waals surface area (Å²) in [6.07, 6.45) is -4.27. The number of halogens is 3. The maximum absolute atomic E-state index is 12.1. The van der Waals surface area contributed by atoms with Crippen molar-refractivity contribution >= 4 is 9.24 Å². The second kappa shape index (κ2) is 3.64. The molecule has 1 nitrogen and oxygen atoms in total. The van der Waals surface area contributed by atoms with Crippen molar-refractivity contribution in [2.75, 3.05) is 0 Å². The van der Waals surface area contributed by atoms with Crippen molar-refractivity contribution in [1.29, 1.82) is 0 Å². The van der Waals surface area contributed by atoms with E-state index in [1.165, 1.54) is 12.1 Å². The van der Waals surface area contributed by atoms with E-state index in [-0.39, 0.29) is 5.78 Å². The van der Waals surface area contributed by atoms with Crippen LogP contribution in [0.5, 0.6) is 0 Å². The first-order chi connectivity index (χ1) is 5.91. The summed E-state index contributed by atoms with van der Waals surface area (Å²) in [5, 5.41) is 0. The fourth-order valence-corrected chi connectivity index (χ4v) is 1.12. The predicted octanol–water partition coefficient (Wildman–Crippen LogP) is 2.54. The SMILES string of the molecule is NC(P)c1ccc(C(F)(F)F)cc1. The summed E-state index contributed by atoms with van der Waals surface area (Å²) in [6.45, 7) is 0. The van der Waals surface area contributed by atoms with E-state index in [0.717, 1.165) is 12.1 Å². The summed E-state index contributed by atoms with van der Waals surface area (Å²) in [5.41, 5.74) is 5.47. The number of alkyl halides is 3. The molecule has 0 fully saturated rings. The Labute approximate surface area is 76.3 Å². The average Bonchev–Trinajstić information content (AvgIpc) is 2.03. The van der Waals surface area contributed by atoms with Crippen molar-refractivity contribution in [3.05, 3.63) is 35.4 Å². The normalized spacial score (nSPS) is 14.2. The van der Waals surface area contributed by atoms with Gasteiger partial charge in [-0.15, -0.1) is 9.24 Å². The fourth-order valence-electron chi connectivity index (χ4n) is 0.894. The van der Waals surface area contributed by atoms with Gasteiger partial charge in [0.25, 0.3) is 0 Å². The minimum Gasteiger partial charge on any atom is -0.321 e. The van der Waals surface area contributed by atoms with Gasteiger partial charge < -0.3 is 5.73 Å². The molecule has 0 saturated heterocycles. The van der Waals surface area contributed by atoms with E-state index in [1.54, 1.807) is 0 Å². The Morgan fingerprint density at radius 1 is 1.15 bits per heavy atom. The zero-order valence-corrected chi connectivity index (χ0v) is 7.83. The summed E-state index contributed by atoms with van der Waals surface area (Å²) in [4.78, 5) is 0. The molecule has 2 unspecified atom stereocenters. The first-order valence-corrected chi connectivity index (χ1v) is 4.26. The van der Waals surface area contributed by atoms with E-state index in [2.05, 4.69) is 9.24 Å². The Morgan fingerprint density at radius 2 is 1.62 bits per heavy atom. The maximum atomic E-state index is 12.1. The van der Waals surface area contributed by atoms with Crippen LogP contribution in [0.3, 0.4) is 0 Å². The molecular weight excluding hydrogens is 198 g/mol. The van der Waals surface area contributed by atoms with Gasteiger partial charge in [-0.1, -0.05) is 12.1 Å². The van der Waals surface area contributed by atoms with Crippen LogP contribution in [-0.4, -0.2) is 0 Å². The molecule has 0 aliphatic rings. The number of benzene rings is 1. The van der Waals surface area contributed by atoms with Crippen molar-refractivity contribution in [2.24, 2.45) is 5.73 Å². The highest BCUT2D eigenvalue weighted by molar-refractivity contribution is 7.17. The first kappa shape index (κ1) is 10.5. The highest BCUT2D eigenvalue weighted by Gasteiger charge is 2.29. The van der Waals surface area contributed by atoms with Gasteiger partial charge in [-0.2, -0.15) is 13.2 Å². The molecule has 72 valence electrons. The Bertz CT molecular complexity index is 278. The molecule has 5 heteroatoms. The molecule has 0 spiro atoms. The second-order valence-corrected chi connectivity index (χ2v) is 3.36. The quantitative estimate of drug-likeness (QED) is 0.703. The van der Waals surface area contributed by atoms with Gasteiger partial charge in [-0.3, -0.25) is 0 Å². The minimum absolute atomic E-state index is 0.317. The number of nitrogens with two attached hydrogens (primary N) is 1. The average molecular weight is 207 g/mol. The lowest BCUT2D eigenvalue weighted by Crippen LogP contribution is -2.06. The summed E-state index contributed by atoms with van der Waals surface area (Å²) in [5.74, 6) is -0.317. The fraction of sp³-hybridized carbons (Fsp3) is 0.250. The van der Waals surface area contributed by atoms with Crippen LogP contribution in [0, 0.1) is 0 Å². The molecule has 1 aromatic carbocycles. The Balaban J connectivity index is 2.94. The van der Waals surface area contributed by atoms with Crippen LogP contribution < -0.4 is 5.73 Å². The molecule has 0 aliphatic heterocycles. The second-order valence-electron chi connectivity index (χ2n) is 2.65. The van der Waals surface area contributed by atoms with Gasteiger partial charge in [-0.05, 0) is 17.7 Å². The highest BCUT2D eigenvalue weighted by Crippen LogP contribution is 2.30. The molecule has 0 heterocycles. The van der Waals surface area contributed by atoms with Crippen LogP contribution in [0.4, 0.5) is 13.2 Å². The van der Waals surface area contributed by atoms with Gasteiger partial charge in [0.2, 0.25) is 0 Å². The molecule has 0 aliphatic carbocycles. The maximum Gasteiger partial charge on any atom is 0.416 e. The Morgan fingerprint density at radius 3 is 1.92 bits per heavy atom. The van der Waals surface area contributed by atoms with Gasteiger partial charge in [0.1, 0.15) is 0 Å². The monoisotopic (exact) mass is 207 g/mol. The van der Waals surface area contributed by atoms with Crippen molar-refractivity contribution in [2.45, 2.75) is 12.0 Å². The van der Waals surface area contributed by atoms with Crippen LogP contribution in [0.15, 0.2) is 24.3 Å². The van der Waals surface area contributed by atoms with Crippen LogP contribution >= 0.6 is 9.24 Å².